The van der Waals surface area contributed by atoms with E-state index in [2.05, 4.69) is 67.9 Å². The molecule has 1 aliphatic rings. The van der Waals surface area contributed by atoms with Crippen LogP contribution in [0.5, 0.6) is 0 Å². The van der Waals surface area contributed by atoms with Gasteiger partial charge in [0.15, 0.2) is 6.67 Å². The summed E-state index contributed by atoms with van der Waals surface area (Å²) in [6.45, 7) is 1.69. The van der Waals surface area contributed by atoms with Crippen LogP contribution in [0.25, 0.3) is 0 Å². The molecular weight excluding hydrogens is 408 g/mol. The van der Waals surface area contributed by atoms with Crippen molar-refractivity contribution in [3.63, 3.8) is 0 Å². The normalized spacial score (nSPS) is 16.2. The molecule has 30 heavy (non-hydrogen) atoms. The molecule has 1 aliphatic heterocycles. The number of nitrogens with one attached hydrogen (secondary N) is 1. The van der Waals surface area contributed by atoms with Crippen LogP contribution in [0.1, 0.15) is 5.56 Å². The van der Waals surface area contributed by atoms with Crippen molar-refractivity contribution < 1.29 is 22.2 Å². The number of rotatable bonds is 5. The first-order valence-electron chi connectivity index (χ1n) is 9.08. The van der Waals surface area contributed by atoms with Gasteiger partial charge in [0.2, 0.25) is 10.4 Å². The first-order chi connectivity index (χ1) is 14.2. The molecule has 0 saturated carbocycles. The van der Waals surface area contributed by atoms with Crippen LogP contribution in [0.2, 0.25) is 0 Å². The lowest BCUT2D eigenvalue weighted by Gasteiger charge is -2.19. The van der Waals surface area contributed by atoms with Crippen LogP contribution in [-0.2, 0) is 21.1 Å². The van der Waals surface area contributed by atoms with Gasteiger partial charge >= 0.3 is 5.96 Å². The van der Waals surface area contributed by atoms with Gasteiger partial charge in [-0.15, -0.1) is 10.2 Å². The Kier molecular flexibility index (Phi) is 8.42. The minimum Gasteiger partial charge on any atom is -0.726 e. The number of benzene rings is 2. The summed E-state index contributed by atoms with van der Waals surface area (Å²) in [7, 11) is 2.45. The molecule has 1 atom stereocenters. The summed E-state index contributed by atoms with van der Waals surface area (Å²) in [5.74, 6) is 0.665. The number of nitrogens with zero attached hydrogens (tertiary/aromatic N) is 5. The summed E-state index contributed by atoms with van der Waals surface area (Å²) in [5.41, 5.74) is 3.27. The molecule has 0 fully saturated rings. The van der Waals surface area contributed by atoms with E-state index in [0.29, 0.717) is 5.96 Å². The molecule has 1 N–H and O–H groups in total. The van der Waals surface area contributed by atoms with Gasteiger partial charge in [0, 0.05) is 26.3 Å². The number of quaternary nitrogens is 1. The van der Waals surface area contributed by atoms with Gasteiger partial charge in [0.1, 0.15) is 0 Å². The van der Waals surface area contributed by atoms with Gasteiger partial charge < -0.3 is 9.45 Å². The Bertz CT molecular complexity index is 964. The van der Waals surface area contributed by atoms with E-state index in [4.69, 9.17) is 0 Å². The first-order valence-corrected chi connectivity index (χ1v) is 10.4. The maximum absolute atomic E-state index is 9.22. The Morgan fingerprint density at radius 1 is 1.17 bits per heavy atom. The van der Waals surface area contributed by atoms with Gasteiger partial charge in [-0.25, -0.2) is 8.42 Å². The quantitative estimate of drug-likeness (QED) is 0.429. The van der Waals surface area contributed by atoms with E-state index in [9.17, 15) is 13.0 Å². The summed E-state index contributed by atoms with van der Waals surface area (Å²) < 4.78 is 31.0. The Labute approximate surface area is 177 Å². The maximum atomic E-state index is 9.22. The smallest absolute Gasteiger partial charge is 0.301 e. The lowest BCUT2D eigenvalue weighted by molar-refractivity contribution is -0.887. The molecule has 2 aromatic rings. The zero-order valence-electron chi connectivity index (χ0n) is 17.4. The lowest BCUT2D eigenvalue weighted by atomic mass is 10.2. The predicted molar refractivity (Wildman–Crippen MR) is 113 cm³/mol. The van der Waals surface area contributed by atoms with Crippen molar-refractivity contribution in [3.8, 4) is 0 Å². The molecule has 0 aromatic heterocycles. The van der Waals surface area contributed by atoms with Crippen LogP contribution in [0.15, 0.2) is 69.9 Å². The molecule has 2 aromatic carbocycles. The highest BCUT2D eigenvalue weighted by Crippen LogP contribution is 2.20. The lowest BCUT2D eigenvalue weighted by Crippen LogP contribution is -3.03. The fourth-order valence-corrected chi connectivity index (χ4v) is 2.63. The molecular formula is C19H26N6O4S. The third-order valence-corrected chi connectivity index (χ3v) is 4.52. The molecule has 0 spiro atoms. The van der Waals surface area contributed by atoms with E-state index >= 15 is 0 Å². The highest BCUT2D eigenvalue weighted by molar-refractivity contribution is 7.80. The van der Waals surface area contributed by atoms with Crippen LogP contribution in [-0.4, -0.2) is 58.8 Å². The van der Waals surface area contributed by atoms with Crippen molar-refractivity contribution in [3.05, 3.63) is 60.2 Å². The molecule has 0 saturated heterocycles. The van der Waals surface area contributed by atoms with E-state index in [-0.39, 0.29) is 0 Å². The molecule has 0 radical (unpaired) electrons. The van der Waals surface area contributed by atoms with Crippen LogP contribution in [0.4, 0.5) is 11.4 Å². The van der Waals surface area contributed by atoms with E-state index in [1.54, 1.807) is 0 Å². The summed E-state index contributed by atoms with van der Waals surface area (Å²) in [5, 5.41) is 13.9. The van der Waals surface area contributed by atoms with Crippen molar-refractivity contribution in [1.29, 1.82) is 0 Å². The number of anilines is 1. The van der Waals surface area contributed by atoms with E-state index in [1.165, 1.54) is 5.56 Å². The number of hydrogen-bond acceptors (Lipinski definition) is 9. The molecule has 10 nitrogen and oxygen atoms in total. The summed E-state index contributed by atoms with van der Waals surface area (Å²) in [6.07, 6.45) is 0. The second kappa shape index (κ2) is 10.8. The minimum absolute atomic E-state index is 0.665. The Morgan fingerprint density at radius 2 is 1.77 bits per heavy atom. The molecule has 1 unspecified atom stereocenters. The highest BCUT2D eigenvalue weighted by Gasteiger charge is 2.20. The monoisotopic (exact) mass is 434 g/mol. The highest BCUT2D eigenvalue weighted by atomic mass is 32.3. The Hall–Kier alpha value is -2.86. The average Bonchev–Trinajstić information content (AvgIpc) is 3.04. The second-order valence-electron chi connectivity index (χ2n) is 6.64. The topological polar surface area (TPSA) is 114 Å². The van der Waals surface area contributed by atoms with E-state index in [1.807, 2.05) is 37.2 Å². The minimum atomic E-state index is -4.41. The average molecular weight is 435 g/mol. The van der Waals surface area contributed by atoms with Crippen molar-refractivity contribution in [2.24, 2.45) is 15.3 Å². The van der Waals surface area contributed by atoms with Crippen LogP contribution >= 0.6 is 0 Å². The van der Waals surface area contributed by atoms with Gasteiger partial charge in [-0.2, -0.15) is 5.01 Å². The van der Waals surface area contributed by atoms with Crippen LogP contribution < -0.4 is 9.91 Å². The SMILES string of the molecule is CN1C[NH+](C)N=C1N=Nc1ccc(N(C)Cc2ccccc2)cc1.COS(=O)(=O)[O-]. The number of azo groups is 1. The van der Waals surface area contributed by atoms with Crippen molar-refractivity contribution >= 4 is 27.7 Å². The molecule has 0 bridgehead atoms. The molecule has 1 heterocycles. The second-order valence-corrected chi connectivity index (χ2v) is 7.79. The third kappa shape index (κ3) is 7.87. The van der Waals surface area contributed by atoms with Crippen molar-refractivity contribution in [1.82, 2.24) is 4.90 Å². The van der Waals surface area contributed by atoms with Crippen LogP contribution in [0, 0.1) is 0 Å². The zero-order valence-corrected chi connectivity index (χ0v) is 18.2. The first kappa shape index (κ1) is 23.4. The number of guanidine groups is 1. The molecule has 0 aliphatic carbocycles. The molecule has 3 rings (SSSR count). The van der Waals surface area contributed by atoms with Gasteiger partial charge in [-0.05, 0) is 34.9 Å². The van der Waals surface area contributed by atoms with Crippen molar-refractivity contribution in [2.75, 3.05) is 39.8 Å². The molecule has 11 heteroatoms. The van der Waals surface area contributed by atoms with Crippen LogP contribution in [0.3, 0.4) is 0 Å². The van der Waals surface area contributed by atoms with Gasteiger partial charge in [-0.3, -0.25) is 9.08 Å². The largest absolute Gasteiger partial charge is 0.726 e. The van der Waals surface area contributed by atoms with Gasteiger partial charge in [0.05, 0.1) is 19.8 Å². The Balaban J connectivity index is 0.000000469. The Morgan fingerprint density at radius 3 is 2.27 bits per heavy atom. The summed E-state index contributed by atoms with van der Waals surface area (Å²) in [6, 6.07) is 18.5. The maximum Gasteiger partial charge on any atom is 0.301 e. The van der Waals surface area contributed by atoms with E-state index in [0.717, 1.165) is 36.7 Å². The molecule has 0 amide bonds. The van der Waals surface area contributed by atoms with Crippen molar-refractivity contribution in [2.45, 2.75) is 6.54 Å². The standard InChI is InChI=1S/C18H22N6.CH4O4S/c1-22(13-15-7-5-4-6-8-15)17-11-9-16(10-12-17)19-20-18-21-24(3)14-23(18)2;1-5-6(2,3)4/h4-12H,13-14H2,1-3H3;1H3,(H,2,3,4). The zero-order chi connectivity index (χ0) is 22.1. The third-order valence-electron chi connectivity index (χ3n) is 4.11. The fourth-order valence-electron chi connectivity index (χ4n) is 2.63. The number of hydrogen-bond donors (Lipinski definition) is 1. The predicted octanol–water partition coefficient (Wildman–Crippen LogP) is 1.19. The summed E-state index contributed by atoms with van der Waals surface area (Å²) >= 11 is 0. The molecule has 162 valence electrons. The summed E-state index contributed by atoms with van der Waals surface area (Å²) in [4.78, 5) is 4.20. The fraction of sp³-hybridized carbons (Fsp3) is 0.316. The van der Waals surface area contributed by atoms with Gasteiger partial charge in [0.25, 0.3) is 0 Å². The van der Waals surface area contributed by atoms with E-state index < -0.39 is 10.4 Å². The van der Waals surface area contributed by atoms with Gasteiger partial charge in [-0.1, -0.05) is 30.3 Å².